The Hall–Kier alpha value is -2.21. The minimum Gasteiger partial charge on any atom is -0.465 e. The molecule has 3 N–H and O–H groups in total. The van der Waals surface area contributed by atoms with Gasteiger partial charge in [-0.15, -0.1) is 11.8 Å². The molecule has 0 spiro atoms. The maximum Gasteiger partial charge on any atom is 0.412 e. The molecule has 1 amide bonds. The van der Waals surface area contributed by atoms with Crippen LogP contribution in [0, 0.1) is 12.7 Å². The average Bonchev–Trinajstić information content (AvgIpc) is 2.56. The van der Waals surface area contributed by atoms with Gasteiger partial charge in [-0.1, -0.05) is 39.8 Å². The number of carbonyl (C=O) groups is 1. The van der Waals surface area contributed by atoms with E-state index < -0.39 is 6.09 Å². The van der Waals surface area contributed by atoms with Gasteiger partial charge in [-0.3, -0.25) is 4.90 Å². The molecule has 0 atom stereocenters. The number of rotatable bonds is 5. The van der Waals surface area contributed by atoms with Crippen molar-refractivity contribution in [3.63, 3.8) is 0 Å². The predicted octanol–water partition coefficient (Wildman–Crippen LogP) is 5.81. The van der Waals surface area contributed by atoms with Gasteiger partial charge in [-0.25, -0.2) is 9.18 Å². The molecule has 0 heterocycles. The number of aryl methyl sites for hydroxylation is 1. The van der Waals surface area contributed by atoms with Crippen LogP contribution >= 0.6 is 11.8 Å². The molecule has 2 rings (SSSR count). The number of thioether (sulfide) groups is 1. The first-order valence-corrected chi connectivity index (χ1v) is 9.86. The summed E-state index contributed by atoms with van der Waals surface area (Å²) < 4.78 is 13.2. The molecular weight excluding hydrogens is 363 g/mol. The van der Waals surface area contributed by atoms with Gasteiger partial charge in [-0.2, -0.15) is 0 Å². The van der Waals surface area contributed by atoms with Gasteiger partial charge in [0.1, 0.15) is 5.82 Å². The van der Waals surface area contributed by atoms with E-state index in [0.717, 1.165) is 21.8 Å². The number of benzene rings is 2. The van der Waals surface area contributed by atoms with Crippen LogP contribution in [0.1, 0.15) is 44.4 Å². The van der Waals surface area contributed by atoms with Crippen LogP contribution in [0.4, 0.5) is 20.6 Å². The van der Waals surface area contributed by atoms with E-state index in [1.807, 2.05) is 19.9 Å². The quantitative estimate of drug-likeness (QED) is 0.499. The van der Waals surface area contributed by atoms with Crippen molar-refractivity contribution < 1.29 is 14.3 Å². The lowest BCUT2D eigenvalue weighted by Crippen LogP contribution is -2.30. The highest BCUT2D eigenvalue weighted by atomic mass is 32.2. The number of nitrogens with two attached hydrogens (primary N) is 1. The Morgan fingerprint density at radius 1 is 1.26 bits per heavy atom. The second-order valence-electron chi connectivity index (χ2n) is 7.51. The number of amides is 1. The van der Waals surface area contributed by atoms with Crippen molar-refractivity contribution in [2.75, 3.05) is 16.4 Å². The first-order valence-electron chi connectivity index (χ1n) is 8.87. The third kappa shape index (κ3) is 4.75. The van der Waals surface area contributed by atoms with Crippen molar-refractivity contribution in [1.82, 2.24) is 0 Å². The summed E-state index contributed by atoms with van der Waals surface area (Å²) in [5.74, 6) is 0.480. The molecule has 0 saturated heterocycles. The lowest BCUT2D eigenvalue weighted by molar-refractivity contribution is 0.201. The van der Waals surface area contributed by atoms with Gasteiger partial charge in [0.25, 0.3) is 0 Å². The fraction of sp³-hybridized carbons (Fsp3) is 0.381. The second kappa shape index (κ2) is 8.21. The molecule has 27 heavy (non-hydrogen) atoms. The third-order valence-corrected chi connectivity index (χ3v) is 5.31. The Morgan fingerprint density at radius 2 is 1.85 bits per heavy atom. The number of carboxylic acid groups (broad SMARTS) is 1. The normalized spacial score (nSPS) is 11.5. The van der Waals surface area contributed by atoms with Crippen molar-refractivity contribution >= 4 is 29.2 Å². The molecule has 0 bridgehead atoms. The van der Waals surface area contributed by atoms with Crippen LogP contribution < -0.4 is 10.6 Å². The number of nitrogens with zero attached hydrogens (tertiary/aromatic N) is 1. The number of hydrogen-bond acceptors (Lipinski definition) is 3. The van der Waals surface area contributed by atoms with Crippen molar-refractivity contribution in [3.05, 3.63) is 52.8 Å². The van der Waals surface area contributed by atoms with Gasteiger partial charge < -0.3 is 10.8 Å². The molecule has 0 aliphatic carbocycles. The molecule has 0 aliphatic rings. The Kier molecular flexibility index (Phi) is 6.42. The van der Waals surface area contributed by atoms with Crippen LogP contribution in [0.25, 0.3) is 0 Å². The molecule has 0 aliphatic heterocycles. The molecule has 0 saturated carbocycles. The van der Waals surface area contributed by atoms with Gasteiger partial charge in [0, 0.05) is 4.90 Å². The predicted molar refractivity (Wildman–Crippen MR) is 111 cm³/mol. The van der Waals surface area contributed by atoms with Crippen LogP contribution in [-0.2, 0) is 12.0 Å². The number of nitrogen functional groups attached to an aromatic ring is 1. The lowest BCUT2D eigenvalue weighted by Gasteiger charge is -2.30. The van der Waals surface area contributed by atoms with E-state index in [2.05, 4.69) is 20.8 Å². The highest BCUT2D eigenvalue weighted by molar-refractivity contribution is 7.99. The number of anilines is 2. The average molecular weight is 391 g/mol. The third-order valence-electron chi connectivity index (χ3n) is 4.31. The Balaban J connectivity index is 2.59. The smallest absolute Gasteiger partial charge is 0.412 e. The molecule has 0 unspecified atom stereocenters. The van der Waals surface area contributed by atoms with E-state index in [4.69, 9.17) is 5.73 Å². The monoisotopic (exact) mass is 390 g/mol. The number of halogens is 1. The molecule has 0 fully saturated rings. The van der Waals surface area contributed by atoms with E-state index in [1.54, 1.807) is 23.9 Å². The second-order valence-corrected chi connectivity index (χ2v) is 8.78. The van der Waals surface area contributed by atoms with Crippen LogP contribution in [0.2, 0.25) is 0 Å². The first kappa shape index (κ1) is 21.1. The van der Waals surface area contributed by atoms with Gasteiger partial charge in [0.2, 0.25) is 0 Å². The lowest BCUT2D eigenvalue weighted by atomic mass is 9.83. The van der Waals surface area contributed by atoms with Crippen LogP contribution in [0.5, 0.6) is 0 Å². The summed E-state index contributed by atoms with van der Waals surface area (Å²) >= 11 is 1.63. The van der Waals surface area contributed by atoms with E-state index in [0.29, 0.717) is 16.9 Å². The van der Waals surface area contributed by atoms with Crippen LogP contribution in [0.15, 0.2) is 35.2 Å². The minimum atomic E-state index is -1.10. The van der Waals surface area contributed by atoms with Crippen LogP contribution in [-0.4, -0.2) is 17.0 Å². The van der Waals surface area contributed by atoms with Crippen molar-refractivity contribution in [1.29, 1.82) is 0 Å². The fourth-order valence-electron chi connectivity index (χ4n) is 3.26. The zero-order valence-corrected chi connectivity index (χ0v) is 17.3. The zero-order chi connectivity index (χ0) is 20.4. The number of hydrogen-bond donors (Lipinski definition) is 2. The van der Waals surface area contributed by atoms with Gasteiger partial charge in [0.15, 0.2) is 0 Å². The maximum atomic E-state index is 13.2. The van der Waals surface area contributed by atoms with Crippen molar-refractivity contribution in [2.45, 2.75) is 51.5 Å². The molecule has 0 aromatic heterocycles. The minimum absolute atomic E-state index is 0.102. The first-order chi connectivity index (χ1) is 12.6. The van der Waals surface area contributed by atoms with Gasteiger partial charge >= 0.3 is 6.09 Å². The Labute approximate surface area is 164 Å². The van der Waals surface area contributed by atoms with Crippen molar-refractivity contribution in [2.24, 2.45) is 0 Å². The highest BCUT2D eigenvalue weighted by Gasteiger charge is 2.27. The Morgan fingerprint density at radius 3 is 2.33 bits per heavy atom. The molecule has 2 aromatic rings. The summed E-state index contributed by atoms with van der Waals surface area (Å²) in [5.41, 5.74) is 10.1. The maximum absolute atomic E-state index is 13.2. The summed E-state index contributed by atoms with van der Waals surface area (Å²) in [7, 11) is 0. The Bertz CT molecular complexity index is 830. The molecule has 0 radical (unpaired) electrons. The molecule has 146 valence electrons. The highest BCUT2D eigenvalue weighted by Crippen LogP contribution is 2.43. The standard InChI is InChI=1S/C21H27FN2O2S/c1-6-27-19-17(21(3,4)5)13(2)11-16(18(19)23)24(20(25)26)12-14-7-9-15(22)10-8-14/h7-11H,6,12,23H2,1-5H3,(H,25,26). The summed E-state index contributed by atoms with van der Waals surface area (Å²) in [6, 6.07) is 7.66. The van der Waals surface area contributed by atoms with E-state index in [-0.39, 0.29) is 17.8 Å². The largest absolute Gasteiger partial charge is 0.465 e. The topological polar surface area (TPSA) is 66.6 Å². The molecule has 2 aromatic carbocycles. The van der Waals surface area contributed by atoms with Gasteiger partial charge in [-0.05, 0) is 53.0 Å². The summed E-state index contributed by atoms with van der Waals surface area (Å²) in [4.78, 5) is 14.1. The molecule has 4 nitrogen and oxygen atoms in total. The van der Waals surface area contributed by atoms with E-state index in [9.17, 15) is 14.3 Å². The van der Waals surface area contributed by atoms with Crippen molar-refractivity contribution in [3.8, 4) is 0 Å². The molecular formula is C21H27FN2O2S. The summed E-state index contributed by atoms with van der Waals surface area (Å²) in [6.07, 6.45) is -1.10. The van der Waals surface area contributed by atoms with Crippen LogP contribution in [0.3, 0.4) is 0 Å². The zero-order valence-electron chi connectivity index (χ0n) is 16.5. The summed E-state index contributed by atoms with van der Waals surface area (Å²) in [5, 5.41) is 9.80. The van der Waals surface area contributed by atoms with Gasteiger partial charge in [0.05, 0.1) is 17.9 Å². The van der Waals surface area contributed by atoms with E-state index in [1.165, 1.54) is 17.0 Å². The SMILES string of the molecule is CCSc1c(N)c(N(Cc2ccc(F)cc2)C(=O)O)cc(C)c1C(C)(C)C. The molecule has 6 heteroatoms. The summed E-state index contributed by atoms with van der Waals surface area (Å²) in [6.45, 7) is 10.5. The fourth-order valence-corrected chi connectivity index (χ4v) is 4.42. The van der Waals surface area contributed by atoms with E-state index >= 15 is 0 Å².